The Balaban J connectivity index is 1.69. The van der Waals surface area contributed by atoms with Gasteiger partial charge in [-0.3, -0.25) is 9.78 Å². The van der Waals surface area contributed by atoms with E-state index in [2.05, 4.69) is 20.6 Å². The molecular formula is C28H23FN4O4S. The molecule has 0 saturated heterocycles. The lowest BCUT2D eigenvalue weighted by Crippen LogP contribution is -2.11. The largest absolute Gasteiger partial charge is 0.493 e. The van der Waals surface area contributed by atoms with E-state index < -0.39 is 15.1 Å². The number of ether oxygens (including phenoxy) is 1. The van der Waals surface area contributed by atoms with Crippen LogP contribution >= 0.6 is 0 Å². The zero-order valence-corrected chi connectivity index (χ0v) is 21.3. The number of unbranched alkanes of at least 4 members (excludes halogenated alkanes) is 1. The molecular weight excluding hydrogens is 507 g/mol. The van der Waals surface area contributed by atoms with Crippen molar-refractivity contribution in [1.29, 1.82) is 5.26 Å². The molecule has 0 radical (unpaired) electrons. The van der Waals surface area contributed by atoms with Crippen molar-refractivity contribution in [2.75, 3.05) is 6.61 Å². The molecule has 10 heteroatoms. The maximum Gasteiger partial charge on any atom is 0.333 e. The van der Waals surface area contributed by atoms with Crippen LogP contribution < -0.4 is 10.2 Å². The highest BCUT2D eigenvalue weighted by Gasteiger charge is 2.29. The number of H-pyrrole nitrogens is 1. The Kier molecular flexibility index (Phi) is 5.69. The SMILES string of the molecule is CCCCOc1cc2c(=O)c3c4ccc(C#N)cc4[nH]c3n(C3CC3)c2cc1-c1cncc(S(=O)(=O)F)c1. The first-order chi connectivity index (χ1) is 18.3. The Morgan fingerprint density at radius 1 is 1.18 bits per heavy atom. The predicted octanol–water partition coefficient (Wildman–Crippen LogP) is 5.74. The highest BCUT2D eigenvalue weighted by Crippen LogP contribution is 2.43. The average molecular weight is 531 g/mol. The Bertz CT molecular complexity index is 1970. The summed E-state index contributed by atoms with van der Waals surface area (Å²) in [5.74, 6) is 0.395. The van der Waals surface area contributed by atoms with Crippen molar-refractivity contribution in [3.8, 4) is 22.9 Å². The van der Waals surface area contributed by atoms with Gasteiger partial charge in [0.25, 0.3) is 0 Å². The highest BCUT2D eigenvalue weighted by molar-refractivity contribution is 7.86. The number of fused-ring (bicyclic) bond motifs is 4. The van der Waals surface area contributed by atoms with Gasteiger partial charge in [-0.1, -0.05) is 19.4 Å². The molecule has 3 heterocycles. The van der Waals surface area contributed by atoms with Crippen molar-refractivity contribution in [3.63, 3.8) is 0 Å². The molecule has 3 aromatic heterocycles. The molecule has 5 aromatic rings. The Morgan fingerprint density at radius 3 is 2.71 bits per heavy atom. The lowest BCUT2D eigenvalue weighted by atomic mass is 10.0. The first-order valence-electron chi connectivity index (χ1n) is 12.4. The first kappa shape index (κ1) is 24.1. The molecule has 1 fully saturated rings. The maximum absolute atomic E-state index is 13.9. The third kappa shape index (κ3) is 4.00. The number of benzene rings is 2. The molecule has 6 rings (SSSR count). The summed E-state index contributed by atoms with van der Waals surface area (Å²) in [6.45, 7) is 2.43. The normalized spacial score (nSPS) is 13.8. The third-order valence-electron chi connectivity index (χ3n) is 6.95. The molecule has 0 aliphatic heterocycles. The van der Waals surface area contributed by atoms with E-state index in [9.17, 15) is 22.4 Å². The molecule has 192 valence electrons. The molecule has 1 aliphatic rings. The Labute approximate surface area is 217 Å². The molecule has 0 amide bonds. The van der Waals surface area contributed by atoms with Crippen LogP contribution in [0, 0.1) is 11.3 Å². The van der Waals surface area contributed by atoms with Crippen LogP contribution in [0.25, 0.3) is 44.0 Å². The van der Waals surface area contributed by atoms with Crippen molar-refractivity contribution >= 4 is 43.1 Å². The van der Waals surface area contributed by atoms with Crippen molar-refractivity contribution in [1.82, 2.24) is 14.5 Å². The van der Waals surface area contributed by atoms with Gasteiger partial charge in [0.05, 0.1) is 34.5 Å². The summed E-state index contributed by atoms with van der Waals surface area (Å²) >= 11 is 0. The zero-order chi connectivity index (χ0) is 26.6. The summed E-state index contributed by atoms with van der Waals surface area (Å²) in [5, 5.41) is 11.1. The standard InChI is InChI=1S/C28H23FN4O4S/c1-2-3-8-37-25-12-22-24(11-21(25)17-10-19(15-31-14-17)38(29,35)36)33(18-5-6-18)28-26(27(22)34)20-7-4-16(13-30)9-23(20)32-28/h4,7,9-12,14-15,18,32H,2-3,5-6,8H2,1H3. The minimum absolute atomic E-state index is 0.166. The van der Waals surface area contributed by atoms with Gasteiger partial charge in [-0.25, -0.2) is 0 Å². The lowest BCUT2D eigenvalue weighted by molar-refractivity contribution is 0.311. The van der Waals surface area contributed by atoms with Crippen molar-refractivity contribution in [2.24, 2.45) is 0 Å². The molecule has 0 atom stereocenters. The van der Waals surface area contributed by atoms with Crippen LogP contribution in [0.4, 0.5) is 3.89 Å². The first-order valence-corrected chi connectivity index (χ1v) is 13.8. The van der Waals surface area contributed by atoms with Gasteiger partial charge < -0.3 is 14.3 Å². The van der Waals surface area contributed by atoms with E-state index in [1.807, 2.05) is 6.92 Å². The smallest absolute Gasteiger partial charge is 0.333 e. The van der Waals surface area contributed by atoms with Crippen LogP contribution in [0.3, 0.4) is 0 Å². The number of hydrogen-bond acceptors (Lipinski definition) is 6. The van der Waals surface area contributed by atoms with Crippen molar-refractivity contribution < 1.29 is 17.0 Å². The van der Waals surface area contributed by atoms with E-state index in [-0.39, 0.29) is 11.5 Å². The van der Waals surface area contributed by atoms with E-state index in [4.69, 9.17) is 4.74 Å². The molecule has 8 nitrogen and oxygen atoms in total. The third-order valence-corrected chi connectivity index (χ3v) is 7.74. The summed E-state index contributed by atoms with van der Waals surface area (Å²) in [5.41, 5.74) is 3.22. The van der Waals surface area contributed by atoms with E-state index in [1.165, 1.54) is 12.3 Å². The van der Waals surface area contributed by atoms with Crippen molar-refractivity contribution in [3.05, 3.63) is 64.6 Å². The van der Waals surface area contributed by atoms with Gasteiger partial charge in [0, 0.05) is 40.5 Å². The van der Waals surface area contributed by atoms with E-state index in [1.54, 1.807) is 30.3 Å². The van der Waals surface area contributed by atoms with Crippen LogP contribution in [0.1, 0.15) is 44.2 Å². The zero-order valence-electron chi connectivity index (χ0n) is 20.5. The fourth-order valence-electron chi connectivity index (χ4n) is 4.95. The van der Waals surface area contributed by atoms with Gasteiger partial charge >= 0.3 is 10.2 Å². The van der Waals surface area contributed by atoms with Gasteiger partial charge in [0.1, 0.15) is 16.3 Å². The second kappa shape index (κ2) is 8.96. The Hall–Kier alpha value is -4.23. The van der Waals surface area contributed by atoms with Gasteiger partial charge in [-0.05, 0) is 49.6 Å². The number of aromatic amines is 1. The van der Waals surface area contributed by atoms with Crippen LogP contribution in [-0.2, 0) is 10.2 Å². The lowest BCUT2D eigenvalue weighted by Gasteiger charge is -2.17. The van der Waals surface area contributed by atoms with Crippen LogP contribution in [-0.4, -0.2) is 29.6 Å². The monoisotopic (exact) mass is 530 g/mol. The van der Waals surface area contributed by atoms with E-state index in [0.29, 0.717) is 56.5 Å². The van der Waals surface area contributed by atoms with E-state index >= 15 is 0 Å². The number of halogens is 1. The molecule has 0 unspecified atom stereocenters. The summed E-state index contributed by atoms with van der Waals surface area (Å²) in [4.78, 5) is 20.7. The number of hydrogen-bond donors (Lipinski definition) is 1. The number of rotatable bonds is 7. The minimum atomic E-state index is -4.96. The molecule has 1 aliphatic carbocycles. The molecule has 0 bridgehead atoms. The fraction of sp³-hybridized carbons (Fsp3) is 0.250. The number of nitriles is 1. The second-order valence-corrected chi connectivity index (χ2v) is 10.9. The Morgan fingerprint density at radius 2 is 2.00 bits per heavy atom. The van der Waals surface area contributed by atoms with Crippen LogP contribution in [0.2, 0.25) is 0 Å². The second-order valence-electron chi connectivity index (χ2n) is 9.57. The number of pyridine rings is 2. The average Bonchev–Trinajstić information content (AvgIpc) is 3.67. The van der Waals surface area contributed by atoms with Gasteiger partial charge in [0.2, 0.25) is 0 Å². The number of aromatic nitrogens is 3. The number of nitrogens with zero attached hydrogens (tertiary/aromatic N) is 3. The topological polar surface area (TPSA) is 118 Å². The van der Waals surface area contributed by atoms with Crippen LogP contribution in [0.15, 0.2) is 58.5 Å². The van der Waals surface area contributed by atoms with Gasteiger partial charge in [-0.2, -0.15) is 13.7 Å². The molecule has 2 aromatic carbocycles. The highest BCUT2D eigenvalue weighted by atomic mass is 32.3. The molecule has 1 N–H and O–H groups in total. The summed E-state index contributed by atoms with van der Waals surface area (Å²) in [6, 6.07) is 12.2. The predicted molar refractivity (Wildman–Crippen MR) is 142 cm³/mol. The summed E-state index contributed by atoms with van der Waals surface area (Å²) < 4.78 is 45.2. The summed E-state index contributed by atoms with van der Waals surface area (Å²) in [6.07, 6.45) is 5.97. The quantitative estimate of drug-likeness (QED) is 0.212. The van der Waals surface area contributed by atoms with Crippen LogP contribution in [0.5, 0.6) is 5.75 Å². The molecule has 38 heavy (non-hydrogen) atoms. The minimum Gasteiger partial charge on any atom is -0.493 e. The molecule has 1 saturated carbocycles. The van der Waals surface area contributed by atoms with Crippen molar-refractivity contribution in [2.45, 2.75) is 43.5 Å². The fourth-order valence-corrected chi connectivity index (χ4v) is 5.41. The molecule has 0 spiro atoms. The summed E-state index contributed by atoms with van der Waals surface area (Å²) in [7, 11) is -4.96. The van der Waals surface area contributed by atoms with Gasteiger partial charge in [0.15, 0.2) is 5.43 Å². The van der Waals surface area contributed by atoms with E-state index in [0.717, 1.165) is 37.3 Å². The maximum atomic E-state index is 13.9. The number of nitrogens with one attached hydrogen (secondary N) is 1. The van der Waals surface area contributed by atoms with Gasteiger partial charge in [-0.15, -0.1) is 3.89 Å².